The van der Waals surface area contributed by atoms with Crippen LogP contribution in [-0.4, -0.2) is 15.0 Å². The first-order valence-corrected chi connectivity index (χ1v) is 6.48. The van der Waals surface area contributed by atoms with Gasteiger partial charge in [0.15, 0.2) is 0 Å². The van der Waals surface area contributed by atoms with Gasteiger partial charge in [-0.25, -0.2) is 13.1 Å². The molecular formula is C9H9BrN2O2S. The van der Waals surface area contributed by atoms with E-state index in [1.165, 1.54) is 18.2 Å². The molecule has 0 saturated heterocycles. The molecule has 0 unspecified atom stereocenters. The summed E-state index contributed by atoms with van der Waals surface area (Å²) >= 11 is 3.14. The van der Waals surface area contributed by atoms with Crippen molar-refractivity contribution >= 4 is 26.0 Å². The number of hydrogen-bond donors (Lipinski definition) is 1. The lowest BCUT2D eigenvalue weighted by Crippen LogP contribution is -2.23. The number of nitrogens with zero attached hydrogens (tertiary/aromatic N) is 1. The van der Waals surface area contributed by atoms with Gasteiger partial charge in [0.1, 0.15) is 6.07 Å². The maximum absolute atomic E-state index is 11.6. The molecular weight excluding hydrogens is 280 g/mol. The molecule has 1 aromatic carbocycles. The lowest BCUT2D eigenvalue weighted by Gasteiger charge is -2.05. The summed E-state index contributed by atoms with van der Waals surface area (Å²) < 4.78 is 26.0. The van der Waals surface area contributed by atoms with Gasteiger partial charge in [0.2, 0.25) is 10.0 Å². The average molecular weight is 289 g/mol. The van der Waals surface area contributed by atoms with Gasteiger partial charge >= 0.3 is 0 Å². The third-order valence-corrected chi connectivity index (χ3v) is 3.90. The van der Waals surface area contributed by atoms with Crippen molar-refractivity contribution in [1.29, 1.82) is 5.26 Å². The SMILES string of the molecule is CCNS(=O)(=O)c1ccc(C#N)c(Br)c1. The molecule has 0 bridgehead atoms. The van der Waals surface area contributed by atoms with E-state index < -0.39 is 10.0 Å². The molecule has 80 valence electrons. The quantitative estimate of drug-likeness (QED) is 0.919. The Morgan fingerprint density at radius 2 is 2.20 bits per heavy atom. The summed E-state index contributed by atoms with van der Waals surface area (Å²) in [5.74, 6) is 0. The minimum Gasteiger partial charge on any atom is -0.211 e. The first kappa shape index (κ1) is 12.2. The van der Waals surface area contributed by atoms with Crippen molar-refractivity contribution in [1.82, 2.24) is 4.72 Å². The highest BCUT2D eigenvalue weighted by molar-refractivity contribution is 9.10. The summed E-state index contributed by atoms with van der Waals surface area (Å²) in [5.41, 5.74) is 0.408. The highest BCUT2D eigenvalue weighted by Gasteiger charge is 2.13. The summed E-state index contributed by atoms with van der Waals surface area (Å²) in [4.78, 5) is 0.148. The molecule has 0 amide bonds. The van der Waals surface area contributed by atoms with E-state index in [1.807, 2.05) is 6.07 Å². The van der Waals surface area contributed by atoms with E-state index in [-0.39, 0.29) is 4.90 Å². The van der Waals surface area contributed by atoms with Crippen molar-refractivity contribution in [3.8, 4) is 6.07 Å². The molecule has 0 spiro atoms. The van der Waals surface area contributed by atoms with Crippen LogP contribution >= 0.6 is 15.9 Å². The van der Waals surface area contributed by atoms with Crippen LogP contribution in [0.3, 0.4) is 0 Å². The number of sulfonamides is 1. The molecule has 6 heteroatoms. The Bertz CT molecular complexity index is 505. The monoisotopic (exact) mass is 288 g/mol. The summed E-state index contributed by atoms with van der Waals surface area (Å²) in [5, 5.41) is 8.67. The molecule has 1 aromatic rings. The Hall–Kier alpha value is -0.900. The van der Waals surface area contributed by atoms with Gasteiger partial charge in [-0.1, -0.05) is 6.92 Å². The Balaban J connectivity index is 3.20. The molecule has 0 radical (unpaired) electrons. The van der Waals surface area contributed by atoms with Crippen LogP contribution in [-0.2, 0) is 10.0 Å². The van der Waals surface area contributed by atoms with Crippen LogP contribution in [0.4, 0.5) is 0 Å². The Morgan fingerprint density at radius 1 is 1.53 bits per heavy atom. The fourth-order valence-corrected chi connectivity index (χ4v) is 2.71. The van der Waals surface area contributed by atoms with E-state index >= 15 is 0 Å². The summed E-state index contributed by atoms with van der Waals surface area (Å²) in [7, 11) is -3.45. The number of halogens is 1. The molecule has 1 N–H and O–H groups in total. The van der Waals surface area contributed by atoms with Crippen molar-refractivity contribution in [3.05, 3.63) is 28.2 Å². The second-order valence-electron chi connectivity index (χ2n) is 2.75. The van der Waals surface area contributed by atoms with Crippen LogP contribution < -0.4 is 4.72 Å². The highest BCUT2D eigenvalue weighted by atomic mass is 79.9. The van der Waals surface area contributed by atoms with E-state index in [9.17, 15) is 8.42 Å². The van der Waals surface area contributed by atoms with Crippen molar-refractivity contribution in [2.45, 2.75) is 11.8 Å². The minimum absolute atomic E-state index is 0.148. The predicted molar refractivity (Wildman–Crippen MR) is 59.7 cm³/mol. The summed E-state index contributed by atoms with van der Waals surface area (Å²) in [6.45, 7) is 2.04. The number of nitriles is 1. The second kappa shape index (κ2) is 4.75. The lowest BCUT2D eigenvalue weighted by molar-refractivity contribution is 0.584. The molecule has 0 aliphatic carbocycles. The van der Waals surface area contributed by atoms with Gasteiger partial charge in [-0.3, -0.25) is 0 Å². The van der Waals surface area contributed by atoms with Crippen LogP contribution in [0.5, 0.6) is 0 Å². The van der Waals surface area contributed by atoms with Gasteiger partial charge in [0.05, 0.1) is 10.5 Å². The van der Waals surface area contributed by atoms with Crippen LogP contribution in [0.1, 0.15) is 12.5 Å². The van der Waals surface area contributed by atoms with E-state index in [1.54, 1.807) is 6.92 Å². The van der Waals surface area contributed by atoms with Crippen molar-refractivity contribution in [2.24, 2.45) is 0 Å². The zero-order valence-electron chi connectivity index (χ0n) is 7.99. The summed E-state index contributed by atoms with van der Waals surface area (Å²) in [6.07, 6.45) is 0. The number of hydrogen-bond acceptors (Lipinski definition) is 3. The van der Waals surface area contributed by atoms with Crippen LogP contribution in [0.2, 0.25) is 0 Å². The normalized spacial score (nSPS) is 11.0. The van der Waals surface area contributed by atoms with Gasteiger partial charge in [0, 0.05) is 11.0 Å². The largest absolute Gasteiger partial charge is 0.240 e. The van der Waals surface area contributed by atoms with Gasteiger partial charge in [0.25, 0.3) is 0 Å². The van der Waals surface area contributed by atoms with Crippen molar-refractivity contribution in [3.63, 3.8) is 0 Å². The fraction of sp³-hybridized carbons (Fsp3) is 0.222. The van der Waals surface area contributed by atoms with E-state index in [4.69, 9.17) is 5.26 Å². The van der Waals surface area contributed by atoms with E-state index in [0.29, 0.717) is 16.6 Å². The molecule has 15 heavy (non-hydrogen) atoms. The molecule has 1 rings (SSSR count). The molecule has 0 heterocycles. The maximum atomic E-state index is 11.6. The van der Waals surface area contributed by atoms with Gasteiger partial charge in [-0.15, -0.1) is 0 Å². The number of nitrogens with one attached hydrogen (secondary N) is 1. The molecule has 0 aliphatic heterocycles. The number of benzene rings is 1. The molecule has 0 atom stereocenters. The van der Waals surface area contributed by atoms with Crippen molar-refractivity contribution < 1.29 is 8.42 Å². The Morgan fingerprint density at radius 3 is 2.67 bits per heavy atom. The standard InChI is InChI=1S/C9H9BrN2O2S/c1-2-12-15(13,14)8-4-3-7(6-11)9(10)5-8/h3-5,12H,2H2,1H3. The van der Waals surface area contributed by atoms with E-state index in [2.05, 4.69) is 20.7 Å². The number of rotatable bonds is 3. The van der Waals surface area contributed by atoms with Crippen LogP contribution in [0.25, 0.3) is 0 Å². The van der Waals surface area contributed by atoms with Crippen molar-refractivity contribution in [2.75, 3.05) is 6.54 Å². The smallest absolute Gasteiger partial charge is 0.211 e. The topological polar surface area (TPSA) is 70.0 Å². The Kier molecular flexibility index (Phi) is 3.85. The van der Waals surface area contributed by atoms with Gasteiger partial charge in [-0.05, 0) is 34.1 Å². The molecule has 0 fully saturated rings. The van der Waals surface area contributed by atoms with Crippen LogP contribution in [0.15, 0.2) is 27.6 Å². The Labute approximate surface area is 97.1 Å². The predicted octanol–water partition coefficient (Wildman–Crippen LogP) is 1.62. The first-order chi connectivity index (χ1) is 7.01. The summed E-state index contributed by atoms with van der Waals surface area (Å²) in [6, 6.07) is 6.23. The lowest BCUT2D eigenvalue weighted by atomic mass is 10.2. The average Bonchev–Trinajstić information content (AvgIpc) is 2.17. The first-order valence-electron chi connectivity index (χ1n) is 4.20. The molecule has 0 saturated carbocycles. The third kappa shape index (κ3) is 2.78. The van der Waals surface area contributed by atoms with Gasteiger partial charge in [-0.2, -0.15) is 5.26 Å². The maximum Gasteiger partial charge on any atom is 0.240 e. The molecule has 0 aliphatic rings. The van der Waals surface area contributed by atoms with Gasteiger partial charge < -0.3 is 0 Å². The van der Waals surface area contributed by atoms with E-state index in [0.717, 1.165) is 0 Å². The van der Waals surface area contributed by atoms with Crippen LogP contribution in [0, 0.1) is 11.3 Å². The molecule has 4 nitrogen and oxygen atoms in total. The third-order valence-electron chi connectivity index (χ3n) is 1.71. The fourth-order valence-electron chi connectivity index (χ4n) is 1.03. The highest BCUT2D eigenvalue weighted by Crippen LogP contribution is 2.20. The second-order valence-corrected chi connectivity index (χ2v) is 5.38. The zero-order chi connectivity index (χ0) is 11.5. The zero-order valence-corrected chi connectivity index (χ0v) is 10.4. The minimum atomic E-state index is -3.45. The molecule has 0 aromatic heterocycles.